The van der Waals surface area contributed by atoms with E-state index in [0.29, 0.717) is 32.1 Å². The van der Waals surface area contributed by atoms with Crippen LogP contribution in [0.15, 0.2) is 18.5 Å². The van der Waals surface area contributed by atoms with Crippen LogP contribution in [-0.2, 0) is 9.59 Å². The molecule has 28 heavy (non-hydrogen) atoms. The number of hydrogen-bond donors (Lipinski definition) is 2. The SMILES string of the molecule is Cl.Cl.O=C(NCCC(=O)N1CCN(c2ncccn2)CC1)C1CC(F)(F)CN1. The third kappa shape index (κ3) is 6.39. The molecule has 8 nitrogen and oxygen atoms in total. The van der Waals surface area contributed by atoms with Crippen LogP contribution in [0.4, 0.5) is 14.7 Å². The molecule has 3 heterocycles. The molecule has 1 aromatic heterocycles. The van der Waals surface area contributed by atoms with Crippen LogP contribution in [0.5, 0.6) is 0 Å². The van der Waals surface area contributed by atoms with Gasteiger partial charge in [-0.05, 0) is 6.07 Å². The van der Waals surface area contributed by atoms with E-state index in [-0.39, 0.29) is 43.7 Å². The molecule has 1 unspecified atom stereocenters. The number of aromatic nitrogens is 2. The van der Waals surface area contributed by atoms with E-state index in [4.69, 9.17) is 0 Å². The van der Waals surface area contributed by atoms with E-state index in [9.17, 15) is 18.4 Å². The van der Waals surface area contributed by atoms with Gasteiger partial charge in [0, 0.05) is 58.0 Å². The Morgan fingerprint density at radius 2 is 1.82 bits per heavy atom. The van der Waals surface area contributed by atoms with Gasteiger partial charge in [-0.2, -0.15) is 0 Å². The van der Waals surface area contributed by atoms with Gasteiger partial charge < -0.3 is 15.1 Å². The minimum atomic E-state index is -2.85. The van der Waals surface area contributed by atoms with Gasteiger partial charge in [-0.15, -0.1) is 24.8 Å². The number of hydrogen-bond acceptors (Lipinski definition) is 6. The summed E-state index contributed by atoms with van der Waals surface area (Å²) in [5.74, 6) is -2.75. The first-order valence-corrected chi connectivity index (χ1v) is 8.63. The zero-order valence-electron chi connectivity index (χ0n) is 15.1. The lowest BCUT2D eigenvalue weighted by Gasteiger charge is -2.34. The number of carbonyl (C=O) groups is 2. The van der Waals surface area contributed by atoms with E-state index in [0.717, 1.165) is 0 Å². The molecule has 1 aromatic rings. The summed E-state index contributed by atoms with van der Waals surface area (Å²) in [5, 5.41) is 5.05. The standard InChI is InChI=1S/C16H22F2N6O2.2ClH/c17-16(18)10-12(22-11-16)14(26)19-5-2-13(25)23-6-8-24(9-7-23)15-20-3-1-4-21-15;;/h1,3-4,12,22H,2,5-11H2,(H,19,26);2*1H. The Morgan fingerprint density at radius 1 is 1.18 bits per heavy atom. The van der Waals surface area contributed by atoms with Crippen LogP contribution in [0.2, 0.25) is 0 Å². The van der Waals surface area contributed by atoms with Gasteiger partial charge in [-0.3, -0.25) is 14.9 Å². The Labute approximate surface area is 174 Å². The highest BCUT2D eigenvalue weighted by Crippen LogP contribution is 2.25. The summed E-state index contributed by atoms with van der Waals surface area (Å²) in [7, 11) is 0. The Hall–Kier alpha value is -1.78. The molecule has 2 amide bonds. The van der Waals surface area contributed by atoms with Crippen molar-refractivity contribution in [1.29, 1.82) is 0 Å². The van der Waals surface area contributed by atoms with Crippen molar-refractivity contribution in [3.63, 3.8) is 0 Å². The Morgan fingerprint density at radius 3 is 2.39 bits per heavy atom. The van der Waals surface area contributed by atoms with Gasteiger partial charge in [0.05, 0.1) is 12.6 Å². The van der Waals surface area contributed by atoms with Crippen LogP contribution in [0.3, 0.4) is 0 Å². The van der Waals surface area contributed by atoms with Crippen LogP contribution in [0.1, 0.15) is 12.8 Å². The number of alkyl halides is 2. The molecule has 2 aliphatic heterocycles. The second-order valence-corrected chi connectivity index (χ2v) is 6.45. The van der Waals surface area contributed by atoms with Crippen molar-refractivity contribution in [2.24, 2.45) is 0 Å². The van der Waals surface area contributed by atoms with Crippen molar-refractivity contribution >= 4 is 42.6 Å². The third-order valence-corrected chi connectivity index (χ3v) is 4.53. The molecular formula is C16H24Cl2F2N6O2. The maximum absolute atomic E-state index is 13.1. The number of carbonyl (C=O) groups excluding carboxylic acids is 2. The molecule has 2 fully saturated rings. The fourth-order valence-corrected chi connectivity index (χ4v) is 3.09. The Kier molecular flexibility index (Phi) is 9.25. The number of anilines is 1. The molecule has 2 N–H and O–H groups in total. The third-order valence-electron chi connectivity index (χ3n) is 4.53. The minimum absolute atomic E-state index is 0. The first-order chi connectivity index (χ1) is 12.4. The quantitative estimate of drug-likeness (QED) is 0.691. The maximum atomic E-state index is 13.1. The monoisotopic (exact) mass is 440 g/mol. The highest BCUT2D eigenvalue weighted by molar-refractivity contribution is 5.85. The van der Waals surface area contributed by atoms with E-state index in [1.54, 1.807) is 23.4 Å². The van der Waals surface area contributed by atoms with Crippen molar-refractivity contribution in [1.82, 2.24) is 25.5 Å². The van der Waals surface area contributed by atoms with Gasteiger partial charge >= 0.3 is 0 Å². The van der Waals surface area contributed by atoms with Crippen LogP contribution in [0, 0.1) is 0 Å². The number of piperazine rings is 1. The van der Waals surface area contributed by atoms with Crippen molar-refractivity contribution in [3.8, 4) is 0 Å². The van der Waals surface area contributed by atoms with Gasteiger partial charge in [0.15, 0.2) is 0 Å². The molecule has 1 atom stereocenters. The number of rotatable bonds is 5. The summed E-state index contributed by atoms with van der Waals surface area (Å²) in [6.45, 7) is 2.05. The van der Waals surface area contributed by atoms with E-state index < -0.39 is 30.8 Å². The molecule has 0 aromatic carbocycles. The predicted molar refractivity (Wildman–Crippen MR) is 104 cm³/mol. The number of halogens is 4. The van der Waals surface area contributed by atoms with E-state index in [1.807, 2.05) is 4.90 Å². The second kappa shape index (κ2) is 10.7. The summed E-state index contributed by atoms with van der Waals surface area (Å²) < 4.78 is 26.2. The zero-order valence-corrected chi connectivity index (χ0v) is 16.8. The van der Waals surface area contributed by atoms with Gasteiger partial charge in [-0.1, -0.05) is 0 Å². The maximum Gasteiger partial charge on any atom is 0.262 e. The molecule has 0 spiro atoms. The first kappa shape index (κ1) is 24.3. The normalized spacial score (nSPS) is 20.7. The minimum Gasteiger partial charge on any atom is -0.354 e. The van der Waals surface area contributed by atoms with Gasteiger partial charge in [0.2, 0.25) is 17.8 Å². The molecule has 3 rings (SSSR count). The summed E-state index contributed by atoms with van der Waals surface area (Å²) in [6.07, 6.45) is 3.00. The average Bonchev–Trinajstić information content (AvgIpc) is 3.02. The second-order valence-electron chi connectivity index (χ2n) is 6.45. The summed E-state index contributed by atoms with van der Waals surface area (Å²) in [6, 6.07) is 0.856. The molecule has 2 aliphatic rings. The lowest BCUT2D eigenvalue weighted by atomic mass is 10.2. The number of amides is 2. The van der Waals surface area contributed by atoms with Crippen LogP contribution >= 0.6 is 24.8 Å². The fraction of sp³-hybridized carbons (Fsp3) is 0.625. The van der Waals surface area contributed by atoms with Gasteiger partial charge in [0.1, 0.15) is 0 Å². The lowest BCUT2D eigenvalue weighted by molar-refractivity contribution is -0.131. The molecule has 0 bridgehead atoms. The topological polar surface area (TPSA) is 90.5 Å². The molecule has 0 radical (unpaired) electrons. The molecule has 0 saturated carbocycles. The number of nitrogens with zero attached hydrogens (tertiary/aromatic N) is 4. The largest absolute Gasteiger partial charge is 0.354 e. The first-order valence-electron chi connectivity index (χ1n) is 8.63. The molecule has 12 heteroatoms. The molecule has 0 aliphatic carbocycles. The van der Waals surface area contributed by atoms with Crippen LogP contribution in [0.25, 0.3) is 0 Å². The summed E-state index contributed by atoms with van der Waals surface area (Å²) >= 11 is 0. The van der Waals surface area contributed by atoms with E-state index in [2.05, 4.69) is 20.6 Å². The van der Waals surface area contributed by atoms with Crippen molar-refractivity contribution in [2.45, 2.75) is 24.8 Å². The van der Waals surface area contributed by atoms with Crippen molar-refractivity contribution in [3.05, 3.63) is 18.5 Å². The average molecular weight is 441 g/mol. The van der Waals surface area contributed by atoms with E-state index >= 15 is 0 Å². The Balaban J connectivity index is 0.00000196. The lowest BCUT2D eigenvalue weighted by Crippen LogP contribution is -2.50. The van der Waals surface area contributed by atoms with Gasteiger partial charge in [-0.25, -0.2) is 18.7 Å². The van der Waals surface area contributed by atoms with Crippen molar-refractivity contribution < 1.29 is 18.4 Å². The predicted octanol–water partition coefficient (Wildman–Crippen LogP) is 0.472. The number of nitrogens with one attached hydrogen (secondary N) is 2. The highest BCUT2D eigenvalue weighted by atomic mass is 35.5. The highest BCUT2D eigenvalue weighted by Gasteiger charge is 2.42. The zero-order chi connectivity index (χ0) is 18.6. The van der Waals surface area contributed by atoms with Gasteiger partial charge in [0.25, 0.3) is 5.92 Å². The van der Waals surface area contributed by atoms with Crippen molar-refractivity contribution in [2.75, 3.05) is 44.2 Å². The molecular weight excluding hydrogens is 417 g/mol. The van der Waals surface area contributed by atoms with Crippen LogP contribution in [-0.4, -0.2) is 77.9 Å². The summed E-state index contributed by atoms with van der Waals surface area (Å²) in [5.41, 5.74) is 0. The fourth-order valence-electron chi connectivity index (χ4n) is 3.09. The molecule has 158 valence electrons. The Bertz CT molecular complexity index is 647. The molecule has 2 saturated heterocycles. The van der Waals surface area contributed by atoms with E-state index in [1.165, 1.54) is 0 Å². The smallest absolute Gasteiger partial charge is 0.262 e. The van der Waals surface area contributed by atoms with Crippen LogP contribution < -0.4 is 15.5 Å². The summed E-state index contributed by atoms with van der Waals surface area (Å²) in [4.78, 5) is 36.2.